The fraction of sp³-hybridized carbons (Fsp3) is 0.111. The van der Waals surface area contributed by atoms with Crippen LogP contribution in [-0.4, -0.2) is 14.8 Å². The Labute approximate surface area is 79.0 Å². The van der Waals surface area contributed by atoms with Crippen molar-refractivity contribution in [2.75, 3.05) is 0 Å². The first-order chi connectivity index (χ1) is 6.77. The minimum atomic E-state index is -0.845. The first-order valence-corrected chi connectivity index (χ1v) is 4.02. The molecule has 5 heteroatoms. The number of benzene rings is 1. The molecule has 0 aliphatic heterocycles. The summed E-state index contributed by atoms with van der Waals surface area (Å²) in [5.41, 5.74) is 0.260. The normalized spacial score (nSPS) is 10.4. The summed E-state index contributed by atoms with van der Waals surface area (Å²) in [6.07, 6.45) is 2.79. The Bertz CT molecular complexity index is 426. The molecular formula is C9H7F2N3. The van der Waals surface area contributed by atoms with Crippen LogP contribution < -0.4 is 0 Å². The highest BCUT2D eigenvalue weighted by molar-refractivity contribution is 5.18. The van der Waals surface area contributed by atoms with Crippen LogP contribution in [0.1, 0.15) is 5.56 Å². The molecule has 1 aromatic heterocycles. The van der Waals surface area contributed by atoms with Crippen LogP contribution in [0, 0.1) is 11.6 Å². The average Bonchev–Trinajstić information content (AvgIpc) is 2.66. The molecule has 72 valence electrons. The van der Waals surface area contributed by atoms with E-state index in [1.165, 1.54) is 29.5 Å². The molecule has 0 saturated heterocycles. The van der Waals surface area contributed by atoms with Gasteiger partial charge in [-0.3, -0.25) is 0 Å². The molecule has 0 saturated carbocycles. The second-order valence-corrected chi connectivity index (χ2v) is 2.81. The van der Waals surface area contributed by atoms with E-state index < -0.39 is 11.6 Å². The lowest BCUT2D eigenvalue weighted by molar-refractivity contribution is 0.492. The Hall–Kier alpha value is -1.78. The van der Waals surface area contributed by atoms with Crippen molar-refractivity contribution in [1.29, 1.82) is 0 Å². The predicted octanol–water partition coefficient (Wildman–Crippen LogP) is 1.60. The van der Waals surface area contributed by atoms with E-state index in [1.54, 1.807) is 0 Å². The summed E-state index contributed by atoms with van der Waals surface area (Å²) in [7, 11) is 0. The Morgan fingerprint density at radius 1 is 1.29 bits per heavy atom. The monoisotopic (exact) mass is 195 g/mol. The molecule has 14 heavy (non-hydrogen) atoms. The van der Waals surface area contributed by atoms with Crippen molar-refractivity contribution < 1.29 is 8.78 Å². The number of halogens is 2. The fourth-order valence-electron chi connectivity index (χ4n) is 1.16. The van der Waals surface area contributed by atoms with Crippen molar-refractivity contribution in [3.8, 4) is 0 Å². The van der Waals surface area contributed by atoms with Crippen LogP contribution >= 0.6 is 0 Å². The van der Waals surface area contributed by atoms with E-state index in [0.717, 1.165) is 6.07 Å². The van der Waals surface area contributed by atoms with Crippen molar-refractivity contribution in [1.82, 2.24) is 14.8 Å². The van der Waals surface area contributed by atoms with Crippen LogP contribution in [0.15, 0.2) is 30.9 Å². The van der Waals surface area contributed by atoms with E-state index in [1.807, 2.05) is 0 Å². The van der Waals surface area contributed by atoms with Gasteiger partial charge in [0.15, 0.2) is 11.6 Å². The standard InChI is InChI=1S/C9H7F2N3/c10-8-3-1-2-7(9(8)11)4-14-6-12-5-13-14/h1-3,5-6H,4H2. The molecule has 1 heterocycles. The SMILES string of the molecule is Fc1cccc(Cn2cncn2)c1F. The highest BCUT2D eigenvalue weighted by atomic mass is 19.2. The molecule has 0 aliphatic carbocycles. The molecule has 3 nitrogen and oxygen atoms in total. The van der Waals surface area contributed by atoms with Gasteiger partial charge in [-0.15, -0.1) is 0 Å². The second kappa shape index (κ2) is 3.53. The first-order valence-electron chi connectivity index (χ1n) is 4.02. The molecular weight excluding hydrogens is 188 g/mol. The number of hydrogen-bond donors (Lipinski definition) is 0. The van der Waals surface area contributed by atoms with E-state index in [2.05, 4.69) is 10.1 Å². The second-order valence-electron chi connectivity index (χ2n) is 2.81. The van der Waals surface area contributed by atoms with Gasteiger partial charge in [0.05, 0.1) is 6.54 Å². The van der Waals surface area contributed by atoms with Crippen molar-refractivity contribution >= 4 is 0 Å². The molecule has 0 aliphatic rings. The molecule has 0 amide bonds. The molecule has 1 aromatic carbocycles. The van der Waals surface area contributed by atoms with E-state index in [-0.39, 0.29) is 12.1 Å². The maximum absolute atomic E-state index is 13.2. The molecule has 0 N–H and O–H groups in total. The maximum atomic E-state index is 13.2. The van der Waals surface area contributed by atoms with Crippen molar-refractivity contribution in [2.45, 2.75) is 6.54 Å². The molecule has 0 atom stereocenters. The fourth-order valence-corrected chi connectivity index (χ4v) is 1.16. The van der Waals surface area contributed by atoms with Gasteiger partial charge in [-0.2, -0.15) is 5.10 Å². The van der Waals surface area contributed by atoms with Crippen LogP contribution in [0.2, 0.25) is 0 Å². The van der Waals surface area contributed by atoms with Gasteiger partial charge in [-0.25, -0.2) is 18.4 Å². The summed E-state index contributed by atoms with van der Waals surface area (Å²) in [4.78, 5) is 3.71. The highest BCUT2D eigenvalue weighted by Crippen LogP contribution is 2.11. The Kier molecular flexibility index (Phi) is 2.22. The van der Waals surface area contributed by atoms with Crippen molar-refractivity contribution in [3.63, 3.8) is 0 Å². The zero-order chi connectivity index (χ0) is 9.97. The molecule has 0 radical (unpaired) electrons. The topological polar surface area (TPSA) is 30.7 Å². The Morgan fingerprint density at radius 3 is 2.86 bits per heavy atom. The van der Waals surface area contributed by atoms with Crippen LogP contribution in [0.4, 0.5) is 8.78 Å². The van der Waals surface area contributed by atoms with Gasteiger partial charge in [0.2, 0.25) is 0 Å². The summed E-state index contributed by atoms with van der Waals surface area (Å²) in [6, 6.07) is 4.06. The third-order valence-corrected chi connectivity index (χ3v) is 1.83. The van der Waals surface area contributed by atoms with Gasteiger partial charge in [0.1, 0.15) is 12.7 Å². The summed E-state index contributed by atoms with van der Waals surface area (Å²) >= 11 is 0. The third kappa shape index (κ3) is 1.61. The van der Waals surface area contributed by atoms with E-state index >= 15 is 0 Å². The minimum Gasteiger partial charge on any atom is -0.248 e. The summed E-state index contributed by atoms with van der Waals surface area (Å²) in [5.74, 6) is -1.68. The molecule has 0 unspecified atom stereocenters. The zero-order valence-corrected chi connectivity index (χ0v) is 7.19. The summed E-state index contributed by atoms with van der Waals surface area (Å²) in [5, 5.41) is 3.80. The molecule has 2 aromatic rings. The zero-order valence-electron chi connectivity index (χ0n) is 7.19. The smallest absolute Gasteiger partial charge is 0.163 e. The Morgan fingerprint density at radius 2 is 2.14 bits per heavy atom. The van der Waals surface area contributed by atoms with Gasteiger partial charge >= 0.3 is 0 Å². The van der Waals surface area contributed by atoms with E-state index in [0.29, 0.717) is 0 Å². The highest BCUT2D eigenvalue weighted by Gasteiger charge is 2.07. The van der Waals surface area contributed by atoms with Gasteiger partial charge in [0, 0.05) is 5.56 Å². The van der Waals surface area contributed by atoms with Crippen LogP contribution in [0.3, 0.4) is 0 Å². The third-order valence-electron chi connectivity index (χ3n) is 1.83. The van der Waals surface area contributed by atoms with E-state index in [4.69, 9.17) is 0 Å². The van der Waals surface area contributed by atoms with Crippen LogP contribution in [0.25, 0.3) is 0 Å². The van der Waals surface area contributed by atoms with Crippen LogP contribution in [-0.2, 0) is 6.54 Å². The molecule has 0 bridgehead atoms. The maximum Gasteiger partial charge on any atom is 0.163 e. The quantitative estimate of drug-likeness (QED) is 0.728. The predicted molar refractivity (Wildman–Crippen MR) is 45.5 cm³/mol. The van der Waals surface area contributed by atoms with Crippen molar-refractivity contribution in [3.05, 3.63) is 48.1 Å². The van der Waals surface area contributed by atoms with E-state index in [9.17, 15) is 8.78 Å². The lowest BCUT2D eigenvalue weighted by Gasteiger charge is -2.02. The average molecular weight is 195 g/mol. The minimum absolute atomic E-state index is 0.184. The molecule has 0 spiro atoms. The van der Waals surface area contributed by atoms with Crippen molar-refractivity contribution in [2.24, 2.45) is 0 Å². The number of aromatic nitrogens is 3. The van der Waals surface area contributed by atoms with Gasteiger partial charge in [-0.05, 0) is 6.07 Å². The first kappa shape index (κ1) is 8.80. The lowest BCUT2D eigenvalue weighted by Crippen LogP contribution is -2.03. The summed E-state index contributed by atoms with van der Waals surface area (Å²) < 4.78 is 27.4. The number of nitrogens with zero attached hydrogens (tertiary/aromatic N) is 3. The summed E-state index contributed by atoms with van der Waals surface area (Å²) in [6.45, 7) is 0.184. The Balaban J connectivity index is 2.29. The van der Waals surface area contributed by atoms with Gasteiger partial charge in [0.25, 0.3) is 0 Å². The van der Waals surface area contributed by atoms with Crippen LogP contribution in [0.5, 0.6) is 0 Å². The lowest BCUT2D eigenvalue weighted by atomic mass is 10.2. The molecule has 2 rings (SSSR count). The number of hydrogen-bond acceptors (Lipinski definition) is 2. The molecule has 0 fully saturated rings. The van der Waals surface area contributed by atoms with Gasteiger partial charge in [-0.1, -0.05) is 12.1 Å². The largest absolute Gasteiger partial charge is 0.248 e. The van der Waals surface area contributed by atoms with Gasteiger partial charge < -0.3 is 0 Å². The number of rotatable bonds is 2.